The molecule has 0 saturated heterocycles. The van der Waals surface area contributed by atoms with Crippen LogP contribution >= 0.6 is 23.2 Å². The quantitative estimate of drug-likeness (QED) is 0.326. The van der Waals surface area contributed by atoms with E-state index < -0.39 is 36.2 Å². The van der Waals surface area contributed by atoms with Gasteiger partial charge in [0.15, 0.2) is 6.61 Å². The largest absolute Gasteiger partial charge is 0.455 e. The molecule has 0 aliphatic carbocycles. The molecule has 4 amide bonds. The van der Waals surface area contributed by atoms with Crippen molar-refractivity contribution in [3.8, 4) is 0 Å². The van der Waals surface area contributed by atoms with E-state index in [1.807, 2.05) is 0 Å². The molecule has 0 bridgehead atoms. The molecule has 2 aromatic carbocycles. The third-order valence-electron chi connectivity index (χ3n) is 4.02. The van der Waals surface area contributed by atoms with E-state index in [9.17, 15) is 24.0 Å². The molecule has 0 aromatic heterocycles. The van der Waals surface area contributed by atoms with Crippen LogP contribution in [0.15, 0.2) is 48.5 Å². The van der Waals surface area contributed by atoms with Crippen molar-refractivity contribution in [2.75, 3.05) is 6.61 Å². The fraction of sp³-hybridized carbons (Fsp3) is 0.190. The first-order valence-corrected chi connectivity index (χ1v) is 10.4. The predicted molar refractivity (Wildman–Crippen MR) is 119 cm³/mol. The van der Waals surface area contributed by atoms with Crippen LogP contribution in [-0.4, -0.2) is 36.2 Å². The molecular formula is C21H20Cl2N4O6. The van der Waals surface area contributed by atoms with Gasteiger partial charge in [-0.25, -0.2) is 0 Å². The summed E-state index contributed by atoms with van der Waals surface area (Å²) >= 11 is 11.8. The number of hydrazine groups is 2. The van der Waals surface area contributed by atoms with E-state index in [2.05, 4.69) is 21.7 Å². The van der Waals surface area contributed by atoms with Crippen LogP contribution in [0.3, 0.4) is 0 Å². The number of esters is 1. The van der Waals surface area contributed by atoms with E-state index in [0.717, 1.165) is 0 Å². The van der Waals surface area contributed by atoms with E-state index in [4.69, 9.17) is 27.9 Å². The van der Waals surface area contributed by atoms with Gasteiger partial charge in [-0.1, -0.05) is 47.5 Å². The minimum atomic E-state index is -0.760. The average molecular weight is 495 g/mol. The molecule has 174 valence electrons. The van der Waals surface area contributed by atoms with Gasteiger partial charge < -0.3 is 4.74 Å². The van der Waals surface area contributed by atoms with Crippen LogP contribution < -0.4 is 21.7 Å². The lowest BCUT2D eigenvalue weighted by Crippen LogP contribution is -2.43. The van der Waals surface area contributed by atoms with Crippen molar-refractivity contribution < 1.29 is 28.7 Å². The van der Waals surface area contributed by atoms with Crippen molar-refractivity contribution in [1.29, 1.82) is 0 Å². The summed E-state index contributed by atoms with van der Waals surface area (Å²) in [6, 6.07) is 12.6. The lowest BCUT2D eigenvalue weighted by molar-refractivity contribution is -0.148. The lowest BCUT2D eigenvalue weighted by atomic mass is 10.2. The minimum Gasteiger partial charge on any atom is -0.455 e. The number of ether oxygens (including phenoxy) is 1. The smallest absolute Gasteiger partial charge is 0.306 e. The number of benzene rings is 2. The van der Waals surface area contributed by atoms with E-state index in [0.29, 0.717) is 0 Å². The van der Waals surface area contributed by atoms with Gasteiger partial charge in [-0.15, -0.1) is 0 Å². The Balaban J connectivity index is 1.59. The molecular weight excluding hydrogens is 475 g/mol. The topological polar surface area (TPSA) is 143 Å². The maximum Gasteiger partial charge on any atom is 0.306 e. The van der Waals surface area contributed by atoms with Crippen molar-refractivity contribution in [3.05, 3.63) is 69.7 Å². The third-order valence-corrected chi connectivity index (χ3v) is 4.68. The second-order valence-corrected chi connectivity index (χ2v) is 7.29. The fourth-order valence-electron chi connectivity index (χ4n) is 2.39. The predicted octanol–water partition coefficient (Wildman–Crippen LogP) is 1.93. The summed E-state index contributed by atoms with van der Waals surface area (Å²) < 4.78 is 4.77. The summed E-state index contributed by atoms with van der Waals surface area (Å²) in [6.07, 6.45) is -0.0827. The molecule has 2 rings (SSSR count). The molecule has 0 heterocycles. The van der Waals surface area contributed by atoms with Gasteiger partial charge in [0.1, 0.15) is 0 Å². The van der Waals surface area contributed by atoms with E-state index in [1.54, 1.807) is 24.3 Å². The molecule has 0 spiro atoms. The number of halogens is 2. The number of nitrogens with one attached hydrogen (secondary N) is 4. The first-order chi connectivity index (χ1) is 15.8. The average Bonchev–Trinajstić information content (AvgIpc) is 2.80. The maximum absolute atomic E-state index is 11.9. The Kier molecular flexibility index (Phi) is 10.1. The Hall–Kier alpha value is -3.63. The van der Waals surface area contributed by atoms with E-state index in [-0.39, 0.29) is 40.4 Å². The van der Waals surface area contributed by atoms with Gasteiger partial charge in [0.25, 0.3) is 17.7 Å². The molecule has 2 aromatic rings. The molecule has 0 atom stereocenters. The van der Waals surface area contributed by atoms with Gasteiger partial charge in [0, 0.05) is 12.8 Å². The van der Waals surface area contributed by atoms with Crippen LogP contribution in [0.1, 0.15) is 40.0 Å². The number of hydrogen-bond acceptors (Lipinski definition) is 6. The Morgan fingerprint density at radius 3 is 1.67 bits per heavy atom. The highest BCUT2D eigenvalue weighted by Gasteiger charge is 2.13. The van der Waals surface area contributed by atoms with Crippen LogP contribution in [-0.2, 0) is 19.1 Å². The molecule has 0 fully saturated rings. The molecule has 0 saturated carbocycles. The number of rotatable bonds is 8. The first kappa shape index (κ1) is 25.6. The molecule has 12 heteroatoms. The van der Waals surface area contributed by atoms with Gasteiger partial charge >= 0.3 is 5.97 Å². The zero-order chi connectivity index (χ0) is 24.2. The Labute approximate surface area is 198 Å². The SMILES string of the molecule is O=C(CCCC(=O)OCC(=O)NNC(=O)c1ccccc1Cl)NNC(=O)c1ccccc1Cl. The highest BCUT2D eigenvalue weighted by molar-refractivity contribution is 6.34. The highest BCUT2D eigenvalue weighted by atomic mass is 35.5. The maximum atomic E-state index is 11.9. The zero-order valence-corrected chi connectivity index (χ0v) is 18.7. The van der Waals surface area contributed by atoms with Crippen molar-refractivity contribution in [2.45, 2.75) is 19.3 Å². The van der Waals surface area contributed by atoms with Gasteiger partial charge in [-0.2, -0.15) is 0 Å². The second-order valence-electron chi connectivity index (χ2n) is 6.48. The van der Waals surface area contributed by atoms with Gasteiger partial charge in [-0.3, -0.25) is 45.7 Å². The van der Waals surface area contributed by atoms with Gasteiger partial charge in [-0.05, 0) is 30.7 Å². The van der Waals surface area contributed by atoms with Crippen molar-refractivity contribution in [3.63, 3.8) is 0 Å². The van der Waals surface area contributed by atoms with Gasteiger partial charge in [0.05, 0.1) is 21.2 Å². The van der Waals surface area contributed by atoms with Crippen molar-refractivity contribution in [1.82, 2.24) is 21.7 Å². The standard InChI is InChI=1S/C21H20Cl2N4O6/c22-15-8-3-1-6-13(15)20(31)26-24-17(28)10-5-11-19(30)33-12-18(29)25-27-21(32)14-7-2-4-9-16(14)23/h1-4,6-9H,5,10-12H2,(H,24,28)(H,25,29)(H,26,31)(H,27,32). The Bertz CT molecular complexity index is 1050. The summed E-state index contributed by atoms with van der Waals surface area (Å²) in [7, 11) is 0. The Morgan fingerprint density at radius 1 is 0.667 bits per heavy atom. The monoisotopic (exact) mass is 494 g/mol. The van der Waals surface area contributed by atoms with Crippen LogP contribution in [0.4, 0.5) is 0 Å². The van der Waals surface area contributed by atoms with Crippen LogP contribution in [0, 0.1) is 0 Å². The molecule has 0 unspecified atom stereocenters. The molecule has 0 radical (unpaired) electrons. The number of carbonyl (C=O) groups excluding carboxylic acids is 5. The van der Waals surface area contributed by atoms with Crippen LogP contribution in [0.5, 0.6) is 0 Å². The third kappa shape index (κ3) is 8.79. The number of carbonyl (C=O) groups is 5. The second kappa shape index (κ2) is 13.0. The fourth-order valence-corrected chi connectivity index (χ4v) is 2.83. The summed E-state index contributed by atoms with van der Waals surface area (Å²) in [5, 5.41) is 0.447. The van der Waals surface area contributed by atoms with Crippen molar-refractivity contribution in [2.24, 2.45) is 0 Å². The van der Waals surface area contributed by atoms with E-state index in [1.165, 1.54) is 24.3 Å². The summed E-state index contributed by atoms with van der Waals surface area (Å²) in [6.45, 7) is -0.623. The minimum absolute atomic E-state index is 0.0714. The zero-order valence-electron chi connectivity index (χ0n) is 17.2. The summed E-state index contributed by atoms with van der Waals surface area (Å²) in [5.74, 6) is -3.21. The molecule has 0 aliphatic rings. The number of amides is 4. The van der Waals surface area contributed by atoms with Crippen molar-refractivity contribution >= 4 is 52.8 Å². The van der Waals surface area contributed by atoms with Crippen LogP contribution in [0.2, 0.25) is 10.0 Å². The summed E-state index contributed by atoms with van der Waals surface area (Å²) in [4.78, 5) is 59.0. The Morgan fingerprint density at radius 2 is 1.15 bits per heavy atom. The van der Waals surface area contributed by atoms with Gasteiger partial charge in [0.2, 0.25) is 5.91 Å². The highest BCUT2D eigenvalue weighted by Crippen LogP contribution is 2.14. The molecule has 10 nitrogen and oxygen atoms in total. The van der Waals surface area contributed by atoms with Crippen LogP contribution in [0.25, 0.3) is 0 Å². The van der Waals surface area contributed by atoms with E-state index >= 15 is 0 Å². The molecule has 0 aliphatic heterocycles. The molecule has 4 N–H and O–H groups in total. The summed E-state index contributed by atoms with van der Waals surface area (Å²) in [5.41, 5.74) is 9.04. The first-order valence-electron chi connectivity index (χ1n) is 9.61. The normalized spacial score (nSPS) is 10.0. The number of hydrogen-bond donors (Lipinski definition) is 4. The molecule has 33 heavy (non-hydrogen) atoms. The lowest BCUT2D eigenvalue weighted by Gasteiger charge is -2.09.